The Morgan fingerprint density at radius 1 is 0.667 bits per heavy atom. The van der Waals surface area contributed by atoms with E-state index in [9.17, 15) is 5.21 Å². The Morgan fingerprint density at radius 3 is 1.62 bits per heavy atom. The van der Waals surface area contributed by atoms with Crippen LogP contribution in [0.2, 0.25) is 0 Å². The fourth-order valence-electron chi connectivity index (χ4n) is 3.36. The average Bonchev–Trinajstić information content (AvgIpc) is 2.61. The summed E-state index contributed by atoms with van der Waals surface area (Å²) in [5.74, 6) is 0.976. The molecule has 0 aliphatic heterocycles. The number of nitrogens with two attached hydrogens (primary N) is 1. The van der Waals surface area contributed by atoms with Crippen molar-refractivity contribution in [3.63, 3.8) is 0 Å². The first kappa shape index (κ1) is 23.7. The molecule has 2 nitrogen and oxygen atoms in total. The molecule has 144 valence electrons. The van der Waals surface area contributed by atoms with Crippen LogP contribution in [0.3, 0.4) is 0 Å². The third kappa shape index (κ3) is 18.0. The minimum absolute atomic E-state index is 0.751. The highest BCUT2D eigenvalue weighted by atomic mass is 16.5. The molecule has 0 spiro atoms. The molecular weight excluding hydrogens is 294 g/mol. The van der Waals surface area contributed by atoms with E-state index in [0.717, 1.165) is 24.4 Å². The number of rotatable bonds is 19. The molecule has 0 atom stereocenters. The smallest absolute Gasteiger partial charge is 0.0752 e. The van der Waals surface area contributed by atoms with Crippen molar-refractivity contribution in [2.75, 3.05) is 6.54 Å². The number of hydrogen-bond donors (Lipinski definition) is 1. The second kappa shape index (κ2) is 20.7. The van der Waals surface area contributed by atoms with Gasteiger partial charge in [0.25, 0.3) is 0 Å². The maximum absolute atomic E-state index is 10.2. The number of allylic oxidation sites excluding steroid dienone is 2. The fourth-order valence-corrected chi connectivity index (χ4v) is 3.36. The highest BCUT2D eigenvalue weighted by molar-refractivity contribution is 4.81. The summed E-state index contributed by atoms with van der Waals surface area (Å²) in [6.45, 7) is 5.41. The number of unbranched alkanes of at least 4 members (excludes halogenated alkanes) is 11. The highest BCUT2D eigenvalue weighted by Gasteiger charge is 2.01. The van der Waals surface area contributed by atoms with Crippen LogP contribution in [0.1, 0.15) is 117 Å². The molecule has 0 aromatic heterocycles. The van der Waals surface area contributed by atoms with Crippen LogP contribution in [-0.4, -0.2) is 6.54 Å². The average molecular weight is 340 g/mol. The van der Waals surface area contributed by atoms with E-state index in [1.54, 1.807) is 0 Å². The maximum atomic E-state index is 10.2. The van der Waals surface area contributed by atoms with Crippen molar-refractivity contribution in [3.05, 3.63) is 17.4 Å². The van der Waals surface area contributed by atoms with Crippen LogP contribution >= 0.6 is 0 Å². The van der Waals surface area contributed by atoms with Crippen molar-refractivity contribution in [2.45, 2.75) is 117 Å². The molecule has 0 aliphatic carbocycles. The molecule has 0 unspecified atom stereocenters. The molecule has 0 aromatic rings. The van der Waals surface area contributed by atoms with E-state index in [1.807, 2.05) is 0 Å². The molecule has 0 rings (SSSR count). The topological polar surface area (TPSA) is 39.7 Å². The Morgan fingerprint density at radius 2 is 1.12 bits per heavy atom. The van der Waals surface area contributed by atoms with Gasteiger partial charge in [-0.25, -0.2) is 0 Å². The predicted octanol–water partition coefficient (Wildman–Crippen LogP) is 6.50. The normalized spacial score (nSPS) is 11.8. The van der Waals surface area contributed by atoms with Gasteiger partial charge < -0.3 is 10.7 Å². The lowest BCUT2D eigenvalue weighted by molar-refractivity contribution is -0.589. The van der Waals surface area contributed by atoms with E-state index in [-0.39, 0.29) is 0 Å². The zero-order valence-electron chi connectivity index (χ0n) is 16.7. The van der Waals surface area contributed by atoms with Crippen LogP contribution in [0, 0.1) is 11.1 Å². The molecule has 0 aromatic carbocycles. The lowest BCUT2D eigenvalue weighted by atomic mass is 9.96. The molecular formula is C22H45NO. The Labute approximate surface area is 152 Å². The van der Waals surface area contributed by atoms with Crippen molar-refractivity contribution < 1.29 is 5.48 Å². The first-order chi connectivity index (χ1) is 11.8. The Kier molecular flexibility index (Phi) is 20.4. The van der Waals surface area contributed by atoms with E-state index >= 15 is 0 Å². The van der Waals surface area contributed by atoms with Crippen molar-refractivity contribution in [3.8, 4) is 0 Å². The van der Waals surface area contributed by atoms with Crippen LogP contribution in [-0.2, 0) is 0 Å². The van der Waals surface area contributed by atoms with Gasteiger partial charge in [0, 0.05) is 0 Å². The summed E-state index contributed by atoms with van der Waals surface area (Å²) in [5.41, 5.74) is 1.04. The van der Waals surface area contributed by atoms with Crippen molar-refractivity contribution in [1.29, 1.82) is 0 Å². The monoisotopic (exact) mass is 339 g/mol. The molecule has 2 heteroatoms. The molecule has 24 heavy (non-hydrogen) atoms. The number of quaternary nitrogens is 1. The highest BCUT2D eigenvalue weighted by Crippen LogP contribution is 2.17. The van der Waals surface area contributed by atoms with E-state index in [0.29, 0.717) is 0 Å². The third-order valence-corrected chi connectivity index (χ3v) is 5.25. The predicted molar refractivity (Wildman–Crippen MR) is 108 cm³/mol. The number of hydroxylamine groups is 1. The summed E-state index contributed by atoms with van der Waals surface area (Å²) in [6.07, 6.45) is 26.2. The first-order valence-electron chi connectivity index (χ1n) is 10.9. The quantitative estimate of drug-likeness (QED) is 0.163. The molecule has 0 saturated carbocycles. The van der Waals surface area contributed by atoms with E-state index in [2.05, 4.69) is 26.0 Å². The van der Waals surface area contributed by atoms with Gasteiger partial charge in [-0.05, 0) is 44.4 Å². The summed E-state index contributed by atoms with van der Waals surface area (Å²) in [6, 6.07) is 0. The summed E-state index contributed by atoms with van der Waals surface area (Å²) in [7, 11) is 0. The van der Waals surface area contributed by atoms with Gasteiger partial charge in [0.15, 0.2) is 0 Å². The van der Waals surface area contributed by atoms with Gasteiger partial charge in [0.05, 0.1) is 6.54 Å². The second-order valence-electron chi connectivity index (χ2n) is 7.36. The van der Waals surface area contributed by atoms with Gasteiger partial charge in [0.1, 0.15) is 0 Å². The van der Waals surface area contributed by atoms with Gasteiger partial charge in [-0.3, -0.25) is 0 Å². The SMILES string of the molecule is CCC(CC)CCCCCCCC=CCCCCCCCC[NH2+][O-]. The fraction of sp³-hybridized carbons (Fsp3) is 0.909. The van der Waals surface area contributed by atoms with Gasteiger partial charge in [-0.15, -0.1) is 0 Å². The lowest BCUT2D eigenvalue weighted by Gasteiger charge is -2.11. The van der Waals surface area contributed by atoms with Crippen LogP contribution in [0.15, 0.2) is 12.2 Å². The minimum Gasteiger partial charge on any atom is -0.636 e. The summed E-state index contributed by atoms with van der Waals surface area (Å²) >= 11 is 0. The number of hydrogen-bond acceptors (Lipinski definition) is 1. The van der Waals surface area contributed by atoms with E-state index < -0.39 is 0 Å². The second-order valence-corrected chi connectivity index (χ2v) is 7.36. The van der Waals surface area contributed by atoms with Crippen LogP contribution in [0.25, 0.3) is 0 Å². The molecule has 0 aliphatic rings. The van der Waals surface area contributed by atoms with E-state index in [1.165, 1.54) is 96.3 Å². The first-order valence-corrected chi connectivity index (χ1v) is 10.9. The van der Waals surface area contributed by atoms with Gasteiger partial charge in [0.2, 0.25) is 0 Å². The maximum Gasteiger partial charge on any atom is 0.0752 e. The van der Waals surface area contributed by atoms with Crippen molar-refractivity contribution in [1.82, 2.24) is 0 Å². The lowest BCUT2D eigenvalue weighted by Crippen LogP contribution is -2.77. The summed E-state index contributed by atoms with van der Waals surface area (Å²) in [4.78, 5) is 0. The standard InChI is InChI=1S/C22H45NO/c1-3-22(4-2)20-18-16-14-12-10-8-6-5-7-9-11-13-15-17-19-21-23-24/h5-6,22H,3-4,7-21,23H2,1-2H3. The molecule has 0 amide bonds. The van der Waals surface area contributed by atoms with E-state index in [4.69, 9.17) is 0 Å². The Hall–Kier alpha value is -0.340. The Balaban J connectivity index is 3.14. The van der Waals surface area contributed by atoms with Crippen LogP contribution in [0.5, 0.6) is 0 Å². The molecule has 0 fully saturated rings. The van der Waals surface area contributed by atoms with Crippen molar-refractivity contribution in [2.24, 2.45) is 5.92 Å². The molecule has 0 radical (unpaired) electrons. The Bertz CT molecular complexity index is 248. The third-order valence-electron chi connectivity index (χ3n) is 5.25. The molecule has 0 saturated heterocycles. The van der Waals surface area contributed by atoms with Crippen LogP contribution < -0.4 is 5.48 Å². The molecule has 2 N–H and O–H groups in total. The zero-order chi connectivity index (χ0) is 17.7. The van der Waals surface area contributed by atoms with Crippen LogP contribution in [0.4, 0.5) is 0 Å². The summed E-state index contributed by atoms with van der Waals surface area (Å²) in [5, 5.41) is 10.2. The zero-order valence-corrected chi connectivity index (χ0v) is 16.7. The minimum atomic E-state index is 0.751. The summed E-state index contributed by atoms with van der Waals surface area (Å²) < 4.78 is 0. The largest absolute Gasteiger partial charge is 0.636 e. The van der Waals surface area contributed by atoms with Gasteiger partial charge >= 0.3 is 0 Å². The van der Waals surface area contributed by atoms with Crippen molar-refractivity contribution >= 4 is 0 Å². The van der Waals surface area contributed by atoms with Gasteiger partial charge in [-0.1, -0.05) is 90.2 Å². The molecule has 0 heterocycles. The van der Waals surface area contributed by atoms with Gasteiger partial charge in [-0.2, -0.15) is 0 Å². The molecule has 0 bridgehead atoms.